The molecule has 9 nitrogen and oxygen atoms in total. The number of halogens is 2. The number of phenolic OH excluding ortho intramolecular Hbond substituents is 1. The number of fused-ring (bicyclic) bond motifs is 1. The molecule has 0 spiro atoms. The van der Waals surface area contributed by atoms with Gasteiger partial charge in [-0.3, -0.25) is 5.10 Å². The van der Waals surface area contributed by atoms with Crippen LogP contribution in [0.4, 0.5) is 8.78 Å². The minimum absolute atomic E-state index is 0.0974. The van der Waals surface area contributed by atoms with Gasteiger partial charge in [0.25, 0.3) is 0 Å². The standard InChI is InChI=1S/C22H24F2N8O/c1-21(2)9-16(18(23)22(3,4)30-21)32-20-15(27-31-32)8-14(26-29-20)12-6-5-11(7-17(12)33)13-10-25-28-19(13)24/h5-8,10,16,18,30,33H,9H2,1-4H3,(H,25,28)/t16-,18-/m0/s1. The highest BCUT2D eigenvalue weighted by Crippen LogP contribution is 2.39. The summed E-state index contributed by atoms with van der Waals surface area (Å²) in [5.74, 6) is -0.754. The number of rotatable bonds is 3. The maximum Gasteiger partial charge on any atom is 0.240 e. The van der Waals surface area contributed by atoms with Crippen LogP contribution in [0.5, 0.6) is 5.75 Å². The minimum atomic E-state index is -1.21. The molecule has 11 heteroatoms. The third kappa shape index (κ3) is 3.62. The largest absolute Gasteiger partial charge is 0.507 e. The third-order valence-corrected chi connectivity index (χ3v) is 6.12. The van der Waals surface area contributed by atoms with Crippen molar-refractivity contribution in [1.29, 1.82) is 0 Å². The van der Waals surface area contributed by atoms with E-state index in [1.807, 2.05) is 27.7 Å². The number of H-pyrrole nitrogens is 1. The maximum atomic E-state index is 15.4. The predicted octanol–water partition coefficient (Wildman–Crippen LogP) is 3.55. The average molecular weight is 454 g/mol. The van der Waals surface area contributed by atoms with Gasteiger partial charge in [0.05, 0.1) is 17.3 Å². The normalized spacial score (nSPS) is 22.0. The van der Waals surface area contributed by atoms with Crippen LogP contribution in [0.15, 0.2) is 30.5 Å². The summed E-state index contributed by atoms with van der Waals surface area (Å²) < 4.78 is 30.6. The predicted molar refractivity (Wildman–Crippen MR) is 118 cm³/mol. The molecule has 1 aromatic carbocycles. The first kappa shape index (κ1) is 21.4. The quantitative estimate of drug-likeness (QED) is 0.433. The molecule has 1 aliphatic rings. The molecular formula is C22H24F2N8O. The molecule has 33 heavy (non-hydrogen) atoms. The number of nitrogens with zero attached hydrogens (tertiary/aromatic N) is 6. The van der Waals surface area contributed by atoms with Crippen LogP contribution in [0.3, 0.4) is 0 Å². The maximum absolute atomic E-state index is 15.4. The number of alkyl halides is 1. The van der Waals surface area contributed by atoms with Gasteiger partial charge in [-0.2, -0.15) is 4.39 Å². The molecule has 5 rings (SSSR count). The lowest BCUT2D eigenvalue weighted by molar-refractivity contribution is 0.0257. The van der Waals surface area contributed by atoms with Gasteiger partial charge < -0.3 is 10.4 Å². The molecule has 4 aromatic rings. The van der Waals surface area contributed by atoms with Crippen molar-refractivity contribution in [2.45, 2.75) is 57.4 Å². The molecule has 0 aliphatic carbocycles. The third-order valence-electron chi connectivity index (χ3n) is 6.12. The fourth-order valence-electron chi connectivity index (χ4n) is 4.81. The Balaban J connectivity index is 1.51. The Hall–Kier alpha value is -3.47. The zero-order valence-corrected chi connectivity index (χ0v) is 18.6. The van der Waals surface area contributed by atoms with Crippen LogP contribution in [-0.2, 0) is 0 Å². The lowest BCUT2D eigenvalue weighted by Gasteiger charge is -2.48. The van der Waals surface area contributed by atoms with Gasteiger partial charge in [0.1, 0.15) is 17.4 Å². The first-order valence-electron chi connectivity index (χ1n) is 10.6. The number of hydrogen-bond acceptors (Lipinski definition) is 7. The average Bonchev–Trinajstić information content (AvgIpc) is 3.35. The van der Waals surface area contributed by atoms with Crippen molar-refractivity contribution in [1.82, 2.24) is 40.7 Å². The zero-order chi connectivity index (χ0) is 23.5. The van der Waals surface area contributed by atoms with Crippen LogP contribution in [0, 0.1) is 5.95 Å². The van der Waals surface area contributed by atoms with Crippen molar-refractivity contribution < 1.29 is 13.9 Å². The number of aromatic amines is 1. The van der Waals surface area contributed by atoms with Crippen LogP contribution in [0.2, 0.25) is 0 Å². The fraction of sp³-hybridized carbons (Fsp3) is 0.409. The van der Waals surface area contributed by atoms with E-state index >= 15 is 4.39 Å². The van der Waals surface area contributed by atoms with E-state index in [0.717, 1.165) is 0 Å². The van der Waals surface area contributed by atoms with Gasteiger partial charge in [-0.05, 0) is 57.9 Å². The van der Waals surface area contributed by atoms with Crippen LogP contribution < -0.4 is 5.32 Å². The highest BCUT2D eigenvalue weighted by molar-refractivity contribution is 5.79. The Morgan fingerprint density at radius 3 is 2.58 bits per heavy atom. The summed E-state index contributed by atoms with van der Waals surface area (Å²) in [4.78, 5) is 0. The summed E-state index contributed by atoms with van der Waals surface area (Å²) in [6, 6.07) is 5.78. The molecule has 0 radical (unpaired) electrons. The Bertz CT molecular complexity index is 1350. The highest BCUT2D eigenvalue weighted by Gasteiger charge is 2.48. The monoisotopic (exact) mass is 454 g/mol. The van der Waals surface area contributed by atoms with E-state index < -0.39 is 23.7 Å². The number of phenols is 1. The van der Waals surface area contributed by atoms with Crippen LogP contribution in [0.1, 0.15) is 40.2 Å². The smallest absolute Gasteiger partial charge is 0.240 e. The molecule has 1 aliphatic heterocycles. The van der Waals surface area contributed by atoms with Gasteiger partial charge in [0.2, 0.25) is 11.6 Å². The van der Waals surface area contributed by atoms with E-state index in [1.54, 1.807) is 18.2 Å². The molecule has 1 saturated heterocycles. The van der Waals surface area contributed by atoms with Crippen molar-refractivity contribution in [3.63, 3.8) is 0 Å². The topological polar surface area (TPSA) is 117 Å². The summed E-state index contributed by atoms with van der Waals surface area (Å²) in [6.07, 6.45) is 0.707. The SMILES string of the molecule is CC1(C)C[C@H](n2nnc3cc(-c4ccc(-c5c[nH]nc5F)cc4O)nnc32)[C@H](F)C(C)(C)N1. The molecule has 0 unspecified atom stereocenters. The second-order valence-corrected chi connectivity index (χ2v) is 9.70. The first-order chi connectivity index (χ1) is 15.6. The van der Waals surface area contributed by atoms with E-state index in [2.05, 4.69) is 36.0 Å². The van der Waals surface area contributed by atoms with Crippen molar-refractivity contribution in [2.24, 2.45) is 0 Å². The fourth-order valence-corrected chi connectivity index (χ4v) is 4.81. The zero-order valence-electron chi connectivity index (χ0n) is 18.6. The molecule has 4 heterocycles. The Morgan fingerprint density at radius 1 is 1.09 bits per heavy atom. The van der Waals surface area contributed by atoms with E-state index in [9.17, 15) is 9.50 Å². The summed E-state index contributed by atoms with van der Waals surface area (Å²) >= 11 is 0. The van der Waals surface area contributed by atoms with Gasteiger partial charge >= 0.3 is 0 Å². The Labute approximate surface area is 188 Å². The van der Waals surface area contributed by atoms with Crippen LogP contribution in [0.25, 0.3) is 33.5 Å². The number of aromatic hydroxyl groups is 1. The molecule has 2 atom stereocenters. The second kappa shape index (κ2) is 7.27. The number of benzene rings is 1. The van der Waals surface area contributed by atoms with E-state index in [1.165, 1.54) is 16.9 Å². The minimum Gasteiger partial charge on any atom is -0.507 e. The van der Waals surface area contributed by atoms with Crippen molar-refractivity contribution >= 4 is 11.2 Å². The van der Waals surface area contributed by atoms with Gasteiger partial charge in [0, 0.05) is 22.8 Å². The summed E-state index contributed by atoms with van der Waals surface area (Å²) in [5.41, 5.74) is 1.24. The molecule has 0 saturated carbocycles. The number of hydrogen-bond donors (Lipinski definition) is 3. The summed E-state index contributed by atoms with van der Waals surface area (Å²) in [6.45, 7) is 7.71. The molecular weight excluding hydrogens is 430 g/mol. The van der Waals surface area contributed by atoms with Crippen molar-refractivity contribution in [3.8, 4) is 28.1 Å². The molecule has 3 N–H and O–H groups in total. The molecule has 0 amide bonds. The molecule has 0 bridgehead atoms. The molecule has 1 fully saturated rings. The van der Waals surface area contributed by atoms with Gasteiger partial charge in [-0.25, -0.2) is 9.07 Å². The highest BCUT2D eigenvalue weighted by atomic mass is 19.1. The summed E-state index contributed by atoms with van der Waals surface area (Å²) in [5, 5.41) is 36.7. The van der Waals surface area contributed by atoms with Crippen molar-refractivity contribution in [3.05, 3.63) is 36.4 Å². The Morgan fingerprint density at radius 2 is 1.88 bits per heavy atom. The molecule has 172 valence electrons. The second-order valence-electron chi connectivity index (χ2n) is 9.70. The van der Waals surface area contributed by atoms with Crippen LogP contribution >= 0.6 is 0 Å². The van der Waals surface area contributed by atoms with Gasteiger partial charge in [-0.15, -0.1) is 20.4 Å². The van der Waals surface area contributed by atoms with Gasteiger partial charge in [-0.1, -0.05) is 11.3 Å². The van der Waals surface area contributed by atoms with E-state index in [-0.39, 0.29) is 16.9 Å². The number of nitrogens with one attached hydrogen (secondary N) is 2. The van der Waals surface area contributed by atoms with Crippen LogP contribution in [-0.4, -0.2) is 57.7 Å². The Kier molecular flexibility index (Phi) is 4.71. The number of piperidine rings is 1. The number of aromatic nitrogens is 7. The van der Waals surface area contributed by atoms with Crippen molar-refractivity contribution in [2.75, 3.05) is 0 Å². The van der Waals surface area contributed by atoms with E-state index in [0.29, 0.717) is 34.4 Å². The van der Waals surface area contributed by atoms with E-state index in [4.69, 9.17) is 0 Å². The van der Waals surface area contributed by atoms with Gasteiger partial charge in [0.15, 0.2) is 0 Å². The lowest BCUT2D eigenvalue weighted by Crippen LogP contribution is -2.64. The molecule has 3 aromatic heterocycles. The summed E-state index contributed by atoms with van der Waals surface area (Å²) in [7, 11) is 0. The lowest BCUT2D eigenvalue weighted by atomic mass is 9.78. The first-order valence-corrected chi connectivity index (χ1v) is 10.6.